The van der Waals surface area contributed by atoms with Gasteiger partial charge >= 0.3 is 126 Å². The van der Waals surface area contributed by atoms with Gasteiger partial charge in [-0.25, -0.2) is 0 Å². The minimum absolute atomic E-state index is 0. The van der Waals surface area contributed by atoms with Crippen LogP contribution in [-0.2, 0) is 33.1 Å². The molecule has 0 aliphatic rings. The van der Waals surface area contributed by atoms with Gasteiger partial charge in [-0.3, -0.25) is 9.97 Å². The second-order valence-corrected chi connectivity index (χ2v) is 30.1. The Balaban J connectivity index is 0.000000253. The first-order valence-corrected chi connectivity index (χ1v) is 30.3. The molecular formula is C58H62GeIrN4O-2. The average Bonchev–Trinajstić information content (AvgIpc) is 3.83. The molecule has 0 bridgehead atoms. The van der Waals surface area contributed by atoms with E-state index in [1.165, 1.54) is 33.4 Å². The Morgan fingerprint density at radius 2 is 1.40 bits per heavy atom. The Morgan fingerprint density at radius 1 is 0.723 bits per heavy atom. The summed E-state index contributed by atoms with van der Waals surface area (Å²) in [5, 5.41) is 2.21. The fourth-order valence-corrected chi connectivity index (χ4v) is 12.6. The summed E-state index contributed by atoms with van der Waals surface area (Å²) in [5.41, 5.74) is 17.9. The van der Waals surface area contributed by atoms with Gasteiger partial charge in [-0.05, 0) is 71.7 Å². The van der Waals surface area contributed by atoms with Crippen molar-refractivity contribution in [3.8, 4) is 33.8 Å². The Labute approximate surface area is 402 Å². The van der Waals surface area contributed by atoms with Crippen molar-refractivity contribution < 1.29 is 24.5 Å². The van der Waals surface area contributed by atoms with E-state index < -0.39 is 13.3 Å². The SMILES string of the molecule is CC(C)Cc1cc(-c2[c-]cccc2)nc[c]1[Ge]([CH3])([CH3])[CH3].Cc1cc2c(oc3c(-c4nc5ccccc5n4Cc4c(C(C)C)cc(-c5ccccc5)cc4C(C)C)[c-]cc(C)c32)c(C)n1.[Ir]. The number of furan rings is 1. The van der Waals surface area contributed by atoms with Crippen molar-refractivity contribution in [2.24, 2.45) is 5.92 Å². The third-order valence-corrected chi connectivity index (χ3v) is 16.6. The number of para-hydroxylation sites is 2. The van der Waals surface area contributed by atoms with Crippen molar-refractivity contribution in [1.29, 1.82) is 0 Å². The quantitative estimate of drug-likeness (QED) is 0.101. The molecule has 9 rings (SSSR count). The summed E-state index contributed by atoms with van der Waals surface area (Å²) in [6.45, 7) is 20.7. The van der Waals surface area contributed by atoms with Crippen LogP contribution < -0.4 is 4.40 Å². The van der Waals surface area contributed by atoms with Gasteiger partial charge in [-0.1, -0.05) is 100 Å². The molecule has 4 heterocycles. The van der Waals surface area contributed by atoms with Crippen LogP contribution in [0.4, 0.5) is 0 Å². The summed E-state index contributed by atoms with van der Waals surface area (Å²) >= 11 is -1.86. The van der Waals surface area contributed by atoms with Crippen molar-refractivity contribution in [2.75, 3.05) is 0 Å². The standard InChI is InChI=1S/C40H38N3O.C18H24GeN.Ir/c1-23(2)31-20-29(28-13-9-8-10-14-28)21-32(24(3)4)34(31)22-43-36-16-12-11-15-35(36)42-40(43)30-18-17-25(5)37-33-19-26(6)41-27(7)38(33)44-39(30)37;1-14(2)11-16-12-18(15-9-7-6-8-10-15)20-13-17(16)19(3,4)5;/h8-17,19-21,23-24H,22H2,1-7H3;6-9,12-14H,11H2,1-5H3;/q2*-1;. The molecule has 0 atom stereocenters. The first-order valence-electron chi connectivity index (χ1n) is 22.9. The molecule has 4 aromatic heterocycles. The molecule has 5 aromatic carbocycles. The number of fused-ring (bicyclic) bond motifs is 4. The number of benzene rings is 5. The molecule has 9 aromatic rings. The molecule has 0 amide bonds. The fraction of sp³-hybridized carbons (Fsp3) is 0.293. The molecule has 0 unspecified atom stereocenters. The summed E-state index contributed by atoms with van der Waals surface area (Å²) < 4.78 is 10.6. The van der Waals surface area contributed by atoms with Gasteiger partial charge in [0.25, 0.3) is 0 Å². The van der Waals surface area contributed by atoms with Crippen molar-refractivity contribution in [3.05, 3.63) is 167 Å². The van der Waals surface area contributed by atoms with Gasteiger partial charge < -0.3 is 8.98 Å². The third kappa shape index (κ3) is 10.0. The van der Waals surface area contributed by atoms with Crippen LogP contribution in [0.25, 0.3) is 66.7 Å². The van der Waals surface area contributed by atoms with Crippen LogP contribution in [0, 0.1) is 38.8 Å². The number of hydrogen-bond donors (Lipinski definition) is 0. The number of aryl methyl sites for hydroxylation is 3. The normalized spacial score (nSPS) is 11.8. The van der Waals surface area contributed by atoms with Crippen LogP contribution in [0.3, 0.4) is 0 Å². The molecule has 65 heavy (non-hydrogen) atoms. The smallest absolute Gasteiger partial charge is 0.142 e. The van der Waals surface area contributed by atoms with E-state index in [2.05, 4.69) is 180 Å². The zero-order valence-electron chi connectivity index (χ0n) is 40.1. The Hall–Kier alpha value is -5.14. The van der Waals surface area contributed by atoms with Crippen molar-refractivity contribution in [3.63, 3.8) is 0 Å². The van der Waals surface area contributed by atoms with Crippen molar-refractivity contribution >= 4 is 50.6 Å². The molecule has 1 radical (unpaired) electrons. The Morgan fingerprint density at radius 3 is 2.05 bits per heavy atom. The summed E-state index contributed by atoms with van der Waals surface area (Å²) in [7, 11) is 0. The largest absolute Gasteiger partial charge is 0.499 e. The maximum atomic E-state index is 6.65. The topological polar surface area (TPSA) is 56.7 Å². The predicted octanol–water partition coefficient (Wildman–Crippen LogP) is 15.0. The fourth-order valence-electron chi connectivity index (χ4n) is 9.25. The summed E-state index contributed by atoms with van der Waals surface area (Å²) in [6.07, 6.45) is 3.27. The maximum absolute atomic E-state index is 6.65. The molecule has 7 heteroatoms. The molecule has 0 saturated heterocycles. The number of rotatable bonds is 10. The van der Waals surface area contributed by atoms with Crippen LogP contribution in [0.2, 0.25) is 17.3 Å². The monoisotopic (exact) mass is 1100 g/mol. The zero-order valence-corrected chi connectivity index (χ0v) is 44.6. The molecule has 0 aliphatic carbocycles. The molecular weight excluding hydrogens is 1030 g/mol. The second kappa shape index (κ2) is 19.8. The van der Waals surface area contributed by atoms with E-state index in [0.717, 1.165) is 79.0 Å². The van der Waals surface area contributed by atoms with Gasteiger partial charge in [0, 0.05) is 37.7 Å². The minimum Gasteiger partial charge on any atom is -0.499 e. The van der Waals surface area contributed by atoms with E-state index >= 15 is 0 Å². The minimum atomic E-state index is -1.86. The van der Waals surface area contributed by atoms with Gasteiger partial charge in [-0.15, -0.1) is 17.7 Å². The summed E-state index contributed by atoms with van der Waals surface area (Å²) in [4.78, 5) is 14.6. The molecule has 335 valence electrons. The van der Waals surface area contributed by atoms with Gasteiger partial charge in [0.05, 0.1) is 28.1 Å². The van der Waals surface area contributed by atoms with Gasteiger partial charge in [0.2, 0.25) is 0 Å². The number of imidazole rings is 1. The molecule has 5 nitrogen and oxygen atoms in total. The van der Waals surface area contributed by atoms with Crippen LogP contribution in [0.15, 0.2) is 120 Å². The van der Waals surface area contributed by atoms with Crippen LogP contribution in [0.5, 0.6) is 0 Å². The van der Waals surface area contributed by atoms with Crippen molar-refractivity contribution in [1.82, 2.24) is 19.5 Å². The number of pyridine rings is 2. The van der Waals surface area contributed by atoms with E-state index in [4.69, 9.17) is 19.4 Å². The van der Waals surface area contributed by atoms with Gasteiger partial charge in [-0.2, -0.15) is 0 Å². The number of nitrogens with zero attached hydrogens (tertiary/aromatic N) is 4. The van der Waals surface area contributed by atoms with E-state index in [-0.39, 0.29) is 20.1 Å². The Bertz CT molecular complexity index is 3070. The number of hydrogen-bond acceptors (Lipinski definition) is 4. The second-order valence-electron chi connectivity index (χ2n) is 19.5. The van der Waals surface area contributed by atoms with Crippen molar-refractivity contribution in [2.45, 2.75) is 104 Å². The Kier molecular flexibility index (Phi) is 14.5. The molecule has 0 spiro atoms. The van der Waals surface area contributed by atoms with Crippen LogP contribution in [0.1, 0.15) is 92.6 Å². The zero-order chi connectivity index (χ0) is 45.4. The third-order valence-electron chi connectivity index (χ3n) is 12.3. The molecule has 0 aliphatic heterocycles. The van der Waals surface area contributed by atoms with E-state index in [1.807, 2.05) is 32.0 Å². The first kappa shape index (κ1) is 47.8. The maximum Gasteiger partial charge on any atom is 0.142 e. The number of aromatic nitrogens is 4. The van der Waals surface area contributed by atoms with Gasteiger partial charge in [0.15, 0.2) is 0 Å². The molecule has 0 saturated carbocycles. The molecule has 0 fully saturated rings. The van der Waals surface area contributed by atoms with Gasteiger partial charge in [0.1, 0.15) is 5.58 Å². The van der Waals surface area contributed by atoms with E-state index in [0.29, 0.717) is 24.3 Å². The first-order chi connectivity index (χ1) is 30.6. The average molecular weight is 1100 g/mol. The van der Waals surface area contributed by atoms with Crippen LogP contribution >= 0.6 is 0 Å². The predicted molar refractivity (Wildman–Crippen MR) is 272 cm³/mol. The summed E-state index contributed by atoms with van der Waals surface area (Å²) in [6, 6.07) is 45.4. The van der Waals surface area contributed by atoms with E-state index in [1.54, 1.807) is 4.40 Å². The summed E-state index contributed by atoms with van der Waals surface area (Å²) in [5.74, 6) is 9.58. The van der Waals surface area contributed by atoms with E-state index in [9.17, 15) is 0 Å². The molecule has 0 N–H and O–H groups in total. The van der Waals surface area contributed by atoms with Crippen LogP contribution in [-0.4, -0.2) is 32.8 Å².